The minimum absolute atomic E-state index is 0.0228. The highest BCUT2D eigenvalue weighted by Gasteiger charge is 2.28. The number of hydrogen-bond acceptors (Lipinski definition) is 2. The van der Waals surface area contributed by atoms with Crippen LogP contribution in [0.2, 0.25) is 0 Å². The highest BCUT2D eigenvalue weighted by Crippen LogP contribution is 2.13. The molecule has 1 aliphatic rings. The van der Waals surface area contributed by atoms with Gasteiger partial charge in [0.05, 0.1) is 12.7 Å². The second-order valence-corrected chi connectivity index (χ2v) is 3.62. The van der Waals surface area contributed by atoms with E-state index in [-0.39, 0.29) is 12.1 Å². The Morgan fingerprint density at radius 1 is 1.64 bits per heavy atom. The molecule has 0 bridgehead atoms. The highest BCUT2D eigenvalue weighted by molar-refractivity contribution is 7.76. The van der Waals surface area contributed by atoms with E-state index in [0.29, 0.717) is 13.2 Å². The van der Waals surface area contributed by atoms with E-state index in [4.69, 9.17) is 9.29 Å². The molecule has 1 N–H and O–H groups in total. The summed E-state index contributed by atoms with van der Waals surface area (Å²) in [6.45, 7) is 4.87. The lowest BCUT2D eigenvalue weighted by molar-refractivity contribution is -0.0235. The molecule has 0 aliphatic carbocycles. The lowest BCUT2D eigenvalue weighted by Crippen LogP contribution is -2.48. The van der Waals surface area contributed by atoms with Gasteiger partial charge in [-0.05, 0) is 13.8 Å². The van der Waals surface area contributed by atoms with E-state index in [1.807, 2.05) is 13.8 Å². The summed E-state index contributed by atoms with van der Waals surface area (Å²) < 4.78 is 26.3. The number of ether oxygens (including phenoxy) is 1. The van der Waals surface area contributed by atoms with E-state index in [0.717, 1.165) is 0 Å². The smallest absolute Gasteiger partial charge is 0.234 e. The first kappa shape index (κ1) is 9.12. The van der Waals surface area contributed by atoms with Crippen molar-refractivity contribution in [3.05, 3.63) is 0 Å². The van der Waals surface area contributed by atoms with Crippen LogP contribution in [0, 0.1) is 0 Å². The molecule has 1 fully saturated rings. The Morgan fingerprint density at radius 2 is 2.27 bits per heavy atom. The van der Waals surface area contributed by atoms with Gasteiger partial charge in [0.15, 0.2) is 0 Å². The second-order valence-electron chi connectivity index (χ2n) is 2.69. The molecule has 66 valence electrons. The highest BCUT2D eigenvalue weighted by atomic mass is 32.2. The van der Waals surface area contributed by atoms with Gasteiger partial charge in [0, 0.05) is 12.6 Å². The second kappa shape index (κ2) is 3.62. The van der Waals surface area contributed by atoms with Gasteiger partial charge in [-0.3, -0.25) is 4.55 Å². The van der Waals surface area contributed by atoms with Crippen LogP contribution in [0.1, 0.15) is 13.8 Å². The maximum atomic E-state index is 10.7. The lowest BCUT2D eigenvalue weighted by atomic mass is 10.2. The van der Waals surface area contributed by atoms with Crippen molar-refractivity contribution in [2.24, 2.45) is 0 Å². The third-order valence-electron chi connectivity index (χ3n) is 2.03. The Labute approximate surface area is 68.9 Å². The van der Waals surface area contributed by atoms with Crippen molar-refractivity contribution in [2.45, 2.75) is 26.0 Å². The van der Waals surface area contributed by atoms with Crippen molar-refractivity contribution in [1.82, 2.24) is 4.31 Å². The summed E-state index contributed by atoms with van der Waals surface area (Å²) in [5.41, 5.74) is 0. The number of hydrogen-bond donors (Lipinski definition) is 1. The fourth-order valence-corrected chi connectivity index (χ4v) is 1.81. The van der Waals surface area contributed by atoms with Gasteiger partial charge in [0.1, 0.15) is 0 Å². The molecule has 4 nitrogen and oxygen atoms in total. The molecule has 0 saturated carbocycles. The van der Waals surface area contributed by atoms with Crippen LogP contribution < -0.4 is 0 Å². The molecule has 0 aromatic rings. The molecule has 0 spiro atoms. The number of morpholine rings is 1. The zero-order valence-electron chi connectivity index (χ0n) is 6.69. The minimum atomic E-state index is -1.85. The van der Waals surface area contributed by atoms with Crippen LogP contribution in [0.15, 0.2) is 0 Å². The topological polar surface area (TPSA) is 49.8 Å². The quantitative estimate of drug-likeness (QED) is 0.586. The lowest BCUT2D eigenvalue weighted by Gasteiger charge is -2.34. The van der Waals surface area contributed by atoms with Crippen molar-refractivity contribution in [1.29, 1.82) is 0 Å². The molecule has 1 rings (SSSR count). The van der Waals surface area contributed by atoms with Crippen molar-refractivity contribution in [2.75, 3.05) is 13.2 Å². The average Bonchev–Trinajstić information content (AvgIpc) is 1.94. The van der Waals surface area contributed by atoms with Gasteiger partial charge in [-0.15, -0.1) is 0 Å². The van der Waals surface area contributed by atoms with Crippen LogP contribution in [-0.2, 0) is 16.0 Å². The Bertz CT molecular complexity index is 164. The summed E-state index contributed by atoms with van der Waals surface area (Å²) in [6.07, 6.45) is 0.0415. The molecule has 1 aliphatic heterocycles. The van der Waals surface area contributed by atoms with E-state index in [9.17, 15) is 4.21 Å². The van der Waals surface area contributed by atoms with Crippen LogP contribution in [0.3, 0.4) is 0 Å². The van der Waals surface area contributed by atoms with Crippen LogP contribution in [0.4, 0.5) is 0 Å². The molecule has 11 heavy (non-hydrogen) atoms. The summed E-state index contributed by atoms with van der Waals surface area (Å²) >= 11 is -1.85. The first-order valence-corrected chi connectivity index (χ1v) is 4.68. The van der Waals surface area contributed by atoms with Gasteiger partial charge in [-0.25, -0.2) is 4.21 Å². The fraction of sp³-hybridized carbons (Fsp3) is 1.00. The molecular weight excluding hydrogens is 166 g/mol. The molecule has 0 aromatic carbocycles. The largest absolute Gasteiger partial charge is 0.375 e. The monoisotopic (exact) mass is 179 g/mol. The van der Waals surface area contributed by atoms with Crippen LogP contribution in [0.25, 0.3) is 0 Å². The van der Waals surface area contributed by atoms with Gasteiger partial charge >= 0.3 is 0 Å². The summed E-state index contributed by atoms with van der Waals surface area (Å²) in [4.78, 5) is 0. The van der Waals surface area contributed by atoms with Crippen molar-refractivity contribution in [3.63, 3.8) is 0 Å². The normalized spacial score (nSPS) is 37.0. The van der Waals surface area contributed by atoms with E-state index in [1.54, 1.807) is 0 Å². The summed E-state index contributed by atoms with van der Waals surface area (Å²) in [7, 11) is 0. The van der Waals surface area contributed by atoms with Gasteiger partial charge in [0.2, 0.25) is 11.3 Å². The predicted octanol–water partition coefficient (Wildman–Crippen LogP) is 0.232. The molecule has 0 radical (unpaired) electrons. The van der Waals surface area contributed by atoms with E-state index in [2.05, 4.69) is 0 Å². The van der Waals surface area contributed by atoms with Crippen LogP contribution >= 0.6 is 0 Å². The maximum Gasteiger partial charge on any atom is 0.234 e. The van der Waals surface area contributed by atoms with Gasteiger partial charge in [-0.2, -0.15) is 4.31 Å². The minimum Gasteiger partial charge on any atom is -0.375 e. The third kappa shape index (κ3) is 1.99. The molecule has 0 aromatic heterocycles. The number of nitrogens with zero attached hydrogens (tertiary/aromatic N) is 1. The molecule has 3 unspecified atom stereocenters. The number of rotatable bonds is 1. The molecule has 1 saturated heterocycles. The summed E-state index contributed by atoms with van der Waals surface area (Å²) in [5.74, 6) is 0. The SMILES string of the molecule is CC1OCCN(S(=O)O)C1C. The van der Waals surface area contributed by atoms with E-state index < -0.39 is 11.3 Å². The Balaban J connectivity index is 2.58. The first-order chi connectivity index (χ1) is 5.13. The van der Waals surface area contributed by atoms with E-state index >= 15 is 0 Å². The molecule has 3 atom stereocenters. The molecule has 1 heterocycles. The summed E-state index contributed by atoms with van der Waals surface area (Å²) in [5, 5.41) is 0. The summed E-state index contributed by atoms with van der Waals surface area (Å²) in [6, 6.07) is 0.0228. The van der Waals surface area contributed by atoms with Gasteiger partial charge in [0.25, 0.3) is 0 Å². The van der Waals surface area contributed by atoms with Crippen LogP contribution in [-0.4, -0.2) is 38.4 Å². The van der Waals surface area contributed by atoms with Crippen molar-refractivity contribution in [3.8, 4) is 0 Å². The maximum absolute atomic E-state index is 10.7. The van der Waals surface area contributed by atoms with E-state index in [1.165, 1.54) is 4.31 Å². The molecule has 5 heteroatoms. The zero-order valence-corrected chi connectivity index (χ0v) is 7.50. The average molecular weight is 179 g/mol. The van der Waals surface area contributed by atoms with Crippen molar-refractivity contribution >= 4 is 11.3 Å². The molecular formula is C6H13NO3S. The van der Waals surface area contributed by atoms with Gasteiger partial charge in [-0.1, -0.05) is 0 Å². The van der Waals surface area contributed by atoms with Gasteiger partial charge < -0.3 is 4.74 Å². The zero-order chi connectivity index (χ0) is 8.43. The van der Waals surface area contributed by atoms with Crippen LogP contribution in [0.5, 0.6) is 0 Å². The predicted molar refractivity (Wildman–Crippen MR) is 42.4 cm³/mol. The standard InChI is InChI=1S/C6H13NO3S/c1-5-6(2)10-4-3-7(5)11(8)9/h5-6H,3-4H2,1-2H3,(H,8,9). The van der Waals surface area contributed by atoms with Crippen molar-refractivity contribution < 1.29 is 13.5 Å². The Kier molecular flexibility index (Phi) is 3.00. The Hall–Kier alpha value is 0.0300. The third-order valence-corrected chi connectivity index (χ3v) is 2.94. The fourth-order valence-electron chi connectivity index (χ4n) is 1.13. The Morgan fingerprint density at radius 3 is 2.73 bits per heavy atom. The molecule has 0 amide bonds. The first-order valence-electron chi connectivity index (χ1n) is 3.62.